The van der Waals surface area contributed by atoms with Crippen molar-refractivity contribution in [2.24, 2.45) is 4.99 Å². The molecule has 8 nitrogen and oxygen atoms in total. The fourth-order valence-corrected chi connectivity index (χ4v) is 7.07. The highest BCUT2D eigenvalue weighted by molar-refractivity contribution is 6.00. The maximum atomic E-state index is 13.8. The molecule has 2 fully saturated rings. The Kier molecular flexibility index (Phi) is 8.27. The van der Waals surface area contributed by atoms with E-state index in [9.17, 15) is 14.4 Å². The number of piperazine rings is 1. The number of nitriles is 1. The third-order valence-electron chi connectivity index (χ3n) is 9.35. The molecule has 3 heterocycles. The lowest BCUT2D eigenvalue weighted by Crippen LogP contribution is -2.58. The minimum atomic E-state index is -0.993. The van der Waals surface area contributed by atoms with Crippen molar-refractivity contribution in [3.63, 3.8) is 0 Å². The van der Waals surface area contributed by atoms with Crippen molar-refractivity contribution in [2.75, 3.05) is 39.8 Å². The van der Waals surface area contributed by atoms with Crippen molar-refractivity contribution in [1.82, 2.24) is 20.0 Å². The van der Waals surface area contributed by atoms with Crippen LogP contribution in [0, 0.1) is 11.3 Å². The molecule has 0 saturated carbocycles. The summed E-state index contributed by atoms with van der Waals surface area (Å²) in [4.78, 5) is 23.5. The van der Waals surface area contributed by atoms with E-state index in [2.05, 4.69) is 77.3 Å². The number of carbonyl (C=O) groups is 1. The lowest BCUT2D eigenvalue weighted by atomic mass is 9.80. The topological polar surface area (TPSA) is 84.2 Å². The first-order valence-corrected chi connectivity index (χ1v) is 15.1. The first-order chi connectivity index (χ1) is 20.4. The summed E-state index contributed by atoms with van der Waals surface area (Å²) in [7, 11) is 2.14. The summed E-state index contributed by atoms with van der Waals surface area (Å²) >= 11 is 0. The zero-order chi connectivity index (χ0) is 29.2. The van der Waals surface area contributed by atoms with Gasteiger partial charge in [-0.25, -0.2) is 9.38 Å². The first kappa shape index (κ1) is 28.4. The van der Waals surface area contributed by atoms with Crippen LogP contribution >= 0.6 is 0 Å². The van der Waals surface area contributed by atoms with Gasteiger partial charge in [-0.15, -0.1) is 0 Å². The van der Waals surface area contributed by atoms with Crippen molar-refractivity contribution in [1.29, 1.82) is 5.26 Å². The molecule has 3 aliphatic heterocycles. The predicted molar refractivity (Wildman–Crippen MR) is 161 cm³/mol. The molecule has 4 aliphatic rings. The van der Waals surface area contributed by atoms with E-state index in [1.165, 1.54) is 33.2 Å². The fraction of sp³-hybridized carbons (Fsp3) is 0.485. The van der Waals surface area contributed by atoms with Crippen molar-refractivity contribution in [2.45, 2.75) is 62.9 Å². The monoisotopic (exact) mass is 570 g/mol. The molecule has 2 aromatic carbocycles. The Labute approximate surface area is 247 Å². The van der Waals surface area contributed by atoms with Crippen LogP contribution in [0.25, 0.3) is 10.8 Å². The molecule has 1 aliphatic carbocycles. The van der Waals surface area contributed by atoms with Gasteiger partial charge in [0.1, 0.15) is 5.84 Å². The molecule has 0 aromatic heterocycles. The third-order valence-corrected chi connectivity index (χ3v) is 9.35. The molecule has 2 saturated heterocycles. The molecule has 220 valence electrons. The van der Waals surface area contributed by atoms with Crippen LogP contribution in [0.1, 0.15) is 50.0 Å². The minimum Gasteiger partial charge on any atom is -0.353 e. The van der Waals surface area contributed by atoms with Gasteiger partial charge in [-0.05, 0) is 68.0 Å². The predicted octanol–water partition coefficient (Wildman–Crippen LogP) is 4.67. The van der Waals surface area contributed by atoms with Crippen LogP contribution in [0.5, 0.6) is 0 Å². The zero-order valence-corrected chi connectivity index (χ0v) is 24.3. The second-order valence-electron chi connectivity index (χ2n) is 11.9. The second kappa shape index (κ2) is 12.2. The summed E-state index contributed by atoms with van der Waals surface area (Å²) in [6.45, 7) is 6.09. The number of carbonyl (C=O) groups excluding carboxylic acids is 1. The van der Waals surface area contributed by atoms with Gasteiger partial charge in [0.25, 0.3) is 5.91 Å². The van der Waals surface area contributed by atoms with Gasteiger partial charge in [0, 0.05) is 36.9 Å². The van der Waals surface area contributed by atoms with Gasteiger partial charge in [0.2, 0.25) is 6.35 Å². The number of nitrogens with one attached hydrogen (secondary N) is 1. The van der Waals surface area contributed by atoms with E-state index >= 15 is 0 Å². The first-order valence-electron chi connectivity index (χ1n) is 15.1. The Balaban J connectivity index is 1.28. The quantitative estimate of drug-likeness (QED) is 0.509. The van der Waals surface area contributed by atoms with Crippen molar-refractivity contribution in [3.05, 3.63) is 71.7 Å². The number of ether oxygens (including phenoxy) is 1. The number of allylic oxidation sites excluding steroid dienone is 1. The van der Waals surface area contributed by atoms with Crippen LogP contribution in [0.4, 0.5) is 4.39 Å². The molecule has 1 amide bonds. The van der Waals surface area contributed by atoms with Crippen LogP contribution in [0.3, 0.4) is 0 Å². The van der Waals surface area contributed by atoms with Gasteiger partial charge < -0.3 is 24.8 Å². The lowest BCUT2D eigenvalue weighted by molar-refractivity contribution is -0.132. The number of amidine groups is 1. The van der Waals surface area contributed by atoms with E-state index in [4.69, 9.17) is 9.73 Å². The van der Waals surface area contributed by atoms with E-state index in [0.717, 1.165) is 43.8 Å². The molecular formula is C33H39FN6O2. The largest absolute Gasteiger partial charge is 0.353 e. The number of fused-ring (bicyclic) bond motifs is 1. The molecule has 9 heteroatoms. The maximum absolute atomic E-state index is 13.8. The molecule has 2 aromatic rings. The summed E-state index contributed by atoms with van der Waals surface area (Å²) in [5.41, 5.74) is 3.69. The summed E-state index contributed by atoms with van der Waals surface area (Å²) < 4.78 is 20.2. The van der Waals surface area contributed by atoms with E-state index in [1.807, 2.05) is 0 Å². The molecule has 1 N–H and O–H groups in total. The van der Waals surface area contributed by atoms with Gasteiger partial charge in [-0.3, -0.25) is 4.79 Å². The molecule has 2 unspecified atom stereocenters. The van der Waals surface area contributed by atoms with Gasteiger partial charge in [-0.2, -0.15) is 5.26 Å². The smallest absolute Gasteiger partial charge is 0.282 e. The summed E-state index contributed by atoms with van der Waals surface area (Å²) in [5, 5.41) is 15.7. The van der Waals surface area contributed by atoms with Gasteiger partial charge in [-0.1, -0.05) is 49.0 Å². The third kappa shape index (κ3) is 5.66. The summed E-state index contributed by atoms with van der Waals surface area (Å²) in [6.07, 6.45) is 4.59. The number of nitrogens with zero attached hydrogens (tertiary/aromatic N) is 5. The van der Waals surface area contributed by atoms with E-state index < -0.39 is 24.1 Å². The highest BCUT2D eigenvalue weighted by Gasteiger charge is 2.38. The van der Waals surface area contributed by atoms with Gasteiger partial charge in [0.05, 0.1) is 25.1 Å². The SMILES string of the molecule is C=C(F)C(=O)N1CCN(C2=NC(OC[C@@H]3CCCN3C)NC3=C2CCC(c2cccc4ccccc24)C3)C[C@@H]1CC#N. The zero-order valence-electron chi connectivity index (χ0n) is 24.3. The minimum absolute atomic E-state index is 0.115. The molecule has 0 spiro atoms. The number of aliphatic imine (C=N–C) groups is 1. The van der Waals surface area contributed by atoms with Crippen LogP contribution in [0.15, 0.2) is 71.1 Å². The van der Waals surface area contributed by atoms with Crippen LogP contribution in [-0.4, -0.2) is 84.7 Å². The Morgan fingerprint density at radius 2 is 2.00 bits per heavy atom. The van der Waals surface area contributed by atoms with Gasteiger partial charge in [0.15, 0.2) is 5.83 Å². The standard InChI is InChI=1S/C33H39FN6O2/c1-22(34)32(41)40-18-17-39(20-25(40)14-15-35)31-29-13-12-24(28-11-5-8-23-7-3-4-10-27(23)28)19-30(29)36-33(37-31)42-21-26-9-6-16-38(26)2/h3-5,7-8,10-11,24-26,33,36H,1,6,9,12-14,16-21H2,2H3/t24?,25-,26-,33?/m0/s1. The average Bonchev–Trinajstić information content (AvgIpc) is 3.43. The number of rotatable bonds is 6. The molecule has 4 atom stereocenters. The number of hydrogen-bond acceptors (Lipinski definition) is 7. The number of halogens is 1. The normalized spacial score (nSPS) is 26.5. The average molecular weight is 571 g/mol. The number of likely N-dealkylation sites (tertiary alicyclic amines) is 1. The molecular weight excluding hydrogens is 531 g/mol. The van der Waals surface area contributed by atoms with Crippen LogP contribution in [-0.2, 0) is 9.53 Å². The Morgan fingerprint density at radius 3 is 2.79 bits per heavy atom. The number of benzene rings is 2. The Morgan fingerprint density at radius 1 is 1.17 bits per heavy atom. The maximum Gasteiger partial charge on any atom is 0.282 e. The summed E-state index contributed by atoms with van der Waals surface area (Å²) in [5.74, 6) is -0.495. The Hall–Kier alpha value is -3.74. The van der Waals surface area contributed by atoms with Crippen molar-refractivity contribution >= 4 is 22.5 Å². The molecule has 42 heavy (non-hydrogen) atoms. The number of hydrogen-bond donors (Lipinski definition) is 1. The van der Waals surface area contributed by atoms with Crippen molar-refractivity contribution < 1.29 is 13.9 Å². The van der Waals surface area contributed by atoms with Gasteiger partial charge >= 0.3 is 0 Å². The van der Waals surface area contributed by atoms with E-state index in [1.54, 1.807) is 0 Å². The molecule has 6 rings (SSSR count). The van der Waals surface area contributed by atoms with Crippen LogP contribution < -0.4 is 5.32 Å². The summed E-state index contributed by atoms with van der Waals surface area (Å²) in [6, 6.07) is 17.2. The number of likely N-dealkylation sites (N-methyl/N-ethyl adjacent to an activating group) is 1. The molecule has 0 radical (unpaired) electrons. The lowest BCUT2D eigenvalue weighted by Gasteiger charge is -2.44. The second-order valence-corrected chi connectivity index (χ2v) is 11.9. The van der Waals surface area contributed by atoms with E-state index in [0.29, 0.717) is 38.2 Å². The molecule has 0 bridgehead atoms. The Bertz CT molecular complexity index is 1460. The van der Waals surface area contributed by atoms with Crippen LogP contribution in [0.2, 0.25) is 0 Å². The fourth-order valence-electron chi connectivity index (χ4n) is 7.07. The van der Waals surface area contributed by atoms with Crippen molar-refractivity contribution in [3.8, 4) is 6.07 Å². The van der Waals surface area contributed by atoms with E-state index in [-0.39, 0.29) is 6.42 Å². The highest BCUT2D eigenvalue weighted by Crippen LogP contribution is 2.40. The highest BCUT2D eigenvalue weighted by atomic mass is 19.1. The number of amides is 1.